The maximum atomic E-state index is 14.1. The number of alkyl halides is 3. The molecule has 0 unspecified atom stereocenters. The number of rotatable bonds is 4. The summed E-state index contributed by atoms with van der Waals surface area (Å²) in [4.78, 5) is 5.83. The third kappa shape index (κ3) is 3.56. The number of phenols is 1. The number of hydrogen-bond donors (Lipinski definition) is 1. The van der Waals surface area contributed by atoms with E-state index >= 15 is 0 Å². The summed E-state index contributed by atoms with van der Waals surface area (Å²) in [5.74, 6) is -0.252. The van der Waals surface area contributed by atoms with E-state index < -0.39 is 17.7 Å². The van der Waals surface area contributed by atoms with Crippen molar-refractivity contribution in [3.05, 3.63) is 83.3 Å². The van der Waals surface area contributed by atoms with Crippen LogP contribution in [0.5, 0.6) is 5.75 Å². The van der Waals surface area contributed by atoms with E-state index in [0.717, 1.165) is 0 Å². The van der Waals surface area contributed by atoms with Gasteiger partial charge in [0.1, 0.15) is 22.4 Å². The van der Waals surface area contributed by atoms with Crippen LogP contribution in [0.1, 0.15) is 22.4 Å². The van der Waals surface area contributed by atoms with Gasteiger partial charge in [-0.1, -0.05) is 36.9 Å². The van der Waals surface area contributed by atoms with E-state index in [2.05, 4.69) is 15.9 Å². The molecule has 0 saturated carbocycles. The molecule has 1 N–H and O–H groups in total. The topological polar surface area (TPSA) is 48.7 Å². The highest BCUT2D eigenvalue weighted by Gasteiger charge is 2.41. The van der Waals surface area contributed by atoms with Gasteiger partial charge in [-0.3, -0.25) is 0 Å². The molecule has 2 aromatic carbocycles. The number of para-hydroxylation sites is 1. The van der Waals surface area contributed by atoms with Gasteiger partial charge in [-0.2, -0.15) is 17.5 Å². The van der Waals surface area contributed by atoms with Crippen molar-refractivity contribution in [2.24, 2.45) is 4.99 Å². The lowest BCUT2D eigenvalue weighted by Gasteiger charge is -2.32. The molecule has 4 rings (SSSR count). The summed E-state index contributed by atoms with van der Waals surface area (Å²) in [6.45, 7) is 3.97. The fourth-order valence-corrected chi connectivity index (χ4v) is 4.08. The number of phenolic OH excluding ortho intramolecular Hbond substituents is 1. The molecule has 0 aliphatic carbocycles. The number of aromatic hydroxyl groups is 1. The van der Waals surface area contributed by atoms with Crippen molar-refractivity contribution in [3.8, 4) is 5.75 Å². The van der Waals surface area contributed by atoms with Crippen LogP contribution in [0.4, 0.5) is 22.6 Å². The van der Waals surface area contributed by atoms with Crippen LogP contribution in [0.3, 0.4) is 0 Å². The normalized spacial score (nSPS) is 13.9. The molecule has 30 heavy (non-hydrogen) atoms. The summed E-state index contributed by atoms with van der Waals surface area (Å²) in [5.41, 5.74) is -0.452. The molecular formula is C21H15F4N3OS. The Labute approximate surface area is 173 Å². The van der Waals surface area contributed by atoms with Crippen molar-refractivity contribution in [2.75, 3.05) is 6.54 Å². The monoisotopic (exact) mass is 433 g/mol. The molecule has 0 bridgehead atoms. The van der Waals surface area contributed by atoms with E-state index in [9.17, 15) is 22.7 Å². The number of aromatic nitrogens is 1. The van der Waals surface area contributed by atoms with Crippen LogP contribution in [-0.2, 0) is 12.6 Å². The fraction of sp³-hybridized carbons (Fsp3) is 0.143. The lowest BCUT2D eigenvalue weighted by molar-refractivity contribution is -0.140. The number of fused-ring (bicyclic) bond motifs is 1. The highest BCUT2D eigenvalue weighted by atomic mass is 32.1. The molecule has 3 aromatic rings. The van der Waals surface area contributed by atoms with E-state index in [0.29, 0.717) is 22.7 Å². The van der Waals surface area contributed by atoms with Crippen molar-refractivity contribution in [1.82, 2.24) is 9.27 Å². The zero-order chi connectivity index (χ0) is 21.5. The average Bonchev–Trinajstić information content (AvgIpc) is 3.14. The molecule has 2 heterocycles. The molecular weight excluding hydrogens is 418 g/mol. The first kappa shape index (κ1) is 20.1. The minimum Gasteiger partial charge on any atom is -0.507 e. The van der Waals surface area contributed by atoms with E-state index in [1.807, 2.05) is 0 Å². The minimum absolute atomic E-state index is 0.0515. The first-order valence-corrected chi connectivity index (χ1v) is 9.69. The second-order valence-electron chi connectivity index (χ2n) is 6.60. The van der Waals surface area contributed by atoms with Gasteiger partial charge in [0.15, 0.2) is 5.69 Å². The van der Waals surface area contributed by atoms with Gasteiger partial charge in [0, 0.05) is 12.2 Å². The van der Waals surface area contributed by atoms with Crippen molar-refractivity contribution in [1.29, 1.82) is 0 Å². The number of nitrogens with zero attached hydrogens (tertiary/aromatic N) is 3. The highest BCUT2D eigenvalue weighted by molar-refractivity contribution is 7.10. The Morgan fingerprint density at radius 3 is 2.47 bits per heavy atom. The molecule has 1 aliphatic heterocycles. The van der Waals surface area contributed by atoms with Crippen molar-refractivity contribution in [2.45, 2.75) is 12.6 Å². The quantitative estimate of drug-likeness (QED) is 0.544. The Hall–Kier alpha value is -3.20. The molecule has 0 atom stereocenters. The van der Waals surface area contributed by atoms with Crippen LogP contribution in [0.25, 0.3) is 5.70 Å². The molecule has 9 heteroatoms. The smallest absolute Gasteiger partial charge is 0.435 e. The Balaban J connectivity index is 1.80. The van der Waals surface area contributed by atoms with Crippen LogP contribution in [0, 0.1) is 5.82 Å². The molecule has 4 nitrogen and oxygen atoms in total. The summed E-state index contributed by atoms with van der Waals surface area (Å²) < 4.78 is 57.9. The Morgan fingerprint density at radius 2 is 1.77 bits per heavy atom. The SMILES string of the molecule is C=C1c2c(C(F)(F)F)nsc2N=C(c2ccccc2O)N1CCc1ccccc1F. The molecule has 0 amide bonds. The molecule has 0 spiro atoms. The summed E-state index contributed by atoms with van der Waals surface area (Å²) in [6, 6.07) is 12.5. The van der Waals surface area contributed by atoms with Gasteiger partial charge in [-0.15, -0.1) is 0 Å². The molecule has 0 fully saturated rings. The summed E-state index contributed by atoms with van der Waals surface area (Å²) in [6.07, 6.45) is -4.46. The number of benzene rings is 2. The number of amidine groups is 1. The van der Waals surface area contributed by atoms with E-state index in [1.165, 1.54) is 17.0 Å². The van der Waals surface area contributed by atoms with Crippen molar-refractivity contribution >= 4 is 28.1 Å². The van der Waals surface area contributed by atoms with E-state index in [-0.39, 0.29) is 40.8 Å². The zero-order valence-corrected chi connectivity index (χ0v) is 16.3. The Bertz CT molecular complexity index is 1150. The fourth-order valence-electron chi connectivity index (χ4n) is 3.27. The molecule has 0 saturated heterocycles. The predicted molar refractivity (Wildman–Crippen MR) is 107 cm³/mol. The molecule has 154 valence electrons. The maximum Gasteiger partial charge on any atom is 0.435 e. The molecule has 1 aliphatic rings. The van der Waals surface area contributed by atoms with Crippen LogP contribution >= 0.6 is 11.5 Å². The second kappa shape index (κ2) is 7.56. The lowest BCUT2D eigenvalue weighted by Crippen LogP contribution is -2.34. The van der Waals surface area contributed by atoms with Crippen LogP contribution in [-0.4, -0.2) is 26.8 Å². The molecule has 0 radical (unpaired) electrons. The van der Waals surface area contributed by atoms with Gasteiger partial charge < -0.3 is 10.0 Å². The number of hydrogen-bond acceptors (Lipinski definition) is 5. The first-order valence-electron chi connectivity index (χ1n) is 8.91. The van der Waals surface area contributed by atoms with Gasteiger partial charge in [0.25, 0.3) is 0 Å². The van der Waals surface area contributed by atoms with Crippen LogP contribution in [0.2, 0.25) is 0 Å². The number of aliphatic imine (C=N–C) groups is 1. The third-order valence-electron chi connectivity index (χ3n) is 4.73. The first-order chi connectivity index (χ1) is 14.3. The number of halogens is 4. The van der Waals surface area contributed by atoms with Gasteiger partial charge in [0.2, 0.25) is 0 Å². The standard InChI is InChI=1S/C21H15F4N3OS/c1-12-17-18(21(23,24)25)27-30-20(17)26-19(14-7-3-5-9-16(14)29)28(12)11-10-13-6-2-4-8-15(13)22/h2-9,29H,1,10-11H2. The highest BCUT2D eigenvalue weighted by Crippen LogP contribution is 2.45. The third-order valence-corrected chi connectivity index (χ3v) is 5.47. The largest absolute Gasteiger partial charge is 0.507 e. The van der Waals surface area contributed by atoms with Crippen molar-refractivity contribution < 1.29 is 22.7 Å². The van der Waals surface area contributed by atoms with Crippen LogP contribution in [0.15, 0.2) is 60.1 Å². The van der Waals surface area contributed by atoms with Gasteiger partial charge >= 0.3 is 6.18 Å². The Kier molecular flexibility index (Phi) is 5.07. The lowest BCUT2D eigenvalue weighted by atomic mass is 10.0. The zero-order valence-electron chi connectivity index (χ0n) is 15.4. The van der Waals surface area contributed by atoms with E-state index in [1.54, 1.807) is 36.4 Å². The average molecular weight is 433 g/mol. The van der Waals surface area contributed by atoms with Crippen molar-refractivity contribution in [3.63, 3.8) is 0 Å². The van der Waals surface area contributed by atoms with E-state index in [4.69, 9.17) is 0 Å². The minimum atomic E-state index is -4.66. The predicted octanol–water partition coefficient (Wildman–Crippen LogP) is 5.61. The summed E-state index contributed by atoms with van der Waals surface area (Å²) >= 11 is 0.619. The Morgan fingerprint density at radius 1 is 1.07 bits per heavy atom. The van der Waals surface area contributed by atoms with Gasteiger partial charge in [-0.25, -0.2) is 9.38 Å². The van der Waals surface area contributed by atoms with Crippen LogP contribution < -0.4 is 0 Å². The van der Waals surface area contributed by atoms with Gasteiger partial charge in [-0.05, 0) is 41.7 Å². The second-order valence-corrected chi connectivity index (χ2v) is 7.35. The molecule has 1 aromatic heterocycles. The maximum absolute atomic E-state index is 14.1. The summed E-state index contributed by atoms with van der Waals surface area (Å²) in [7, 11) is 0. The van der Waals surface area contributed by atoms with Gasteiger partial charge in [0.05, 0.1) is 11.1 Å². The summed E-state index contributed by atoms with van der Waals surface area (Å²) in [5, 5.41) is 10.4.